The zero-order valence-electron chi connectivity index (χ0n) is 18.8. The highest BCUT2D eigenvalue weighted by molar-refractivity contribution is 7.11. The van der Waals surface area contributed by atoms with Crippen LogP contribution in [0.25, 0.3) is 0 Å². The lowest BCUT2D eigenvalue weighted by Crippen LogP contribution is -2.38. The van der Waals surface area contributed by atoms with Crippen LogP contribution in [0.1, 0.15) is 59.3 Å². The molecule has 0 aromatic carbocycles. The molecule has 0 atom stereocenters. The second-order valence-electron chi connectivity index (χ2n) is 7.12. The Balaban J connectivity index is 0.000000389. The van der Waals surface area contributed by atoms with Gasteiger partial charge in [0.2, 0.25) is 11.8 Å². The van der Waals surface area contributed by atoms with Gasteiger partial charge >= 0.3 is 0 Å². The Bertz CT molecular complexity index is 983. The van der Waals surface area contributed by atoms with Gasteiger partial charge in [-0.05, 0) is 29.5 Å². The molecule has 8 nitrogen and oxygen atoms in total. The van der Waals surface area contributed by atoms with E-state index >= 15 is 0 Å². The van der Waals surface area contributed by atoms with Gasteiger partial charge in [-0.25, -0.2) is 8.97 Å². The number of halogens is 2. The van der Waals surface area contributed by atoms with Crippen LogP contribution in [0.2, 0.25) is 9.36 Å². The van der Waals surface area contributed by atoms with Crippen LogP contribution >= 0.6 is 46.3 Å². The van der Waals surface area contributed by atoms with Crippen molar-refractivity contribution in [1.29, 1.82) is 0 Å². The standard InChI is InChI=1S/C14H22Cl2N2O2S.C6H8N2O2S/c1-3-4-5-6-7-8-9-17(11(2)19)10-18-14(20)12(15)13(16)21-18;1-5(9)7(2)8-6(10)3-4-11-8/h3-10H2,1-2H3;3-4H,1-2H3. The molecule has 0 unspecified atom stereocenters. The van der Waals surface area contributed by atoms with Crippen LogP contribution in [-0.4, -0.2) is 38.3 Å². The van der Waals surface area contributed by atoms with Crippen molar-refractivity contribution in [3.63, 3.8) is 0 Å². The lowest BCUT2D eigenvalue weighted by Gasteiger charge is -2.20. The van der Waals surface area contributed by atoms with Crippen molar-refractivity contribution in [3.8, 4) is 0 Å². The second kappa shape index (κ2) is 14.5. The molecule has 0 bridgehead atoms. The third-order valence-corrected chi connectivity index (χ3v) is 7.30. The molecule has 2 aromatic rings. The minimum absolute atomic E-state index is 0.0322. The third kappa shape index (κ3) is 9.09. The maximum atomic E-state index is 11.8. The predicted molar refractivity (Wildman–Crippen MR) is 133 cm³/mol. The smallest absolute Gasteiger partial charge is 0.282 e. The quantitative estimate of drug-likeness (QED) is 0.431. The van der Waals surface area contributed by atoms with Crippen molar-refractivity contribution >= 4 is 58.1 Å². The first kappa shape index (κ1) is 28.4. The van der Waals surface area contributed by atoms with E-state index in [1.807, 2.05) is 0 Å². The van der Waals surface area contributed by atoms with Crippen molar-refractivity contribution in [2.24, 2.45) is 0 Å². The van der Waals surface area contributed by atoms with Crippen molar-refractivity contribution < 1.29 is 9.59 Å². The third-order valence-electron chi connectivity index (χ3n) is 4.59. The summed E-state index contributed by atoms with van der Waals surface area (Å²) in [6.45, 7) is 5.98. The molecular formula is C20H30Cl2N4O4S2. The van der Waals surface area contributed by atoms with Gasteiger partial charge in [0.1, 0.15) is 16.0 Å². The summed E-state index contributed by atoms with van der Waals surface area (Å²) in [5, 5.41) is 2.94. The van der Waals surface area contributed by atoms with Gasteiger partial charge < -0.3 is 4.90 Å². The molecule has 0 spiro atoms. The average Bonchev–Trinajstić information content (AvgIpc) is 3.27. The molecule has 0 radical (unpaired) electrons. The predicted octanol–water partition coefficient (Wildman–Crippen LogP) is 4.41. The Morgan fingerprint density at radius 2 is 1.66 bits per heavy atom. The monoisotopic (exact) mass is 524 g/mol. The molecule has 180 valence electrons. The van der Waals surface area contributed by atoms with Crippen LogP contribution in [0.5, 0.6) is 0 Å². The van der Waals surface area contributed by atoms with E-state index in [2.05, 4.69) is 6.92 Å². The van der Waals surface area contributed by atoms with Crippen molar-refractivity contribution in [2.45, 2.75) is 66.0 Å². The summed E-state index contributed by atoms with van der Waals surface area (Å²) in [4.78, 5) is 46.9. The van der Waals surface area contributed by atoms with E-state index in [1.54, 1.807) is 17.3 Å². The molecule has 0 saturated heterocycles. The number of rotatable bonds is 10. The van der Waals surface area contributed by atoms with Crippen molar-refractivity contribution in [2.75, 3.05) is 18.6 Å². The number of carbonyl (C=O) groups is 2. The molecule has 0 aliphatic carbocycles. The molecule has 2 heterocycles. The summed E-state index contributed by atoms with van der Waals surface area (Å²) in [6.07, 6.45) is 6.97. The Hall–Kier alpha value is -1.62. The molecule has 2 amide bonds. The molecule has 32 heavy (non-hydrogen) atoms. The molecule has 2 aromatic heterocycles. The summed E-state index contributed by atoms with van der Waals surface area (Å²) in [5.74, 6) is -0.203. The van der Waals surface area contributed by atoms with E-state index in [4.69, 9.17) is 23.2 Å². The van der Waals surface area contributed by atoms with Crippen LogP contribution < -0.4 is 16.1 Å². The normalized spacial score (nSPS) is 10.4. The average molecular weight is 526 g/mol. The van der Waals surface area contributed by atoms with Crippen LogP contribution in [0.15, 0.2) is 21.0 Å². The van der Waals surface area contributed by atoms with Gasteiger partial charge in [0.05, 0.1) is 0 Å². The highest BCUT2D eigenvalue weighted by Gasteiger charge is 2.15. The van der Waals surface area contributed by atoms with E-state index in [-0.39, 0.29) is 39.0 Å². The first-order valence-electron chi connectivity index (χ1n) is 10.3. The van der Waals surface area contributed by atoms with Gasteiger partial charge in [0.25, 0.3) is 11.1 Å². The van der Waals surface area contributed by atoms with Gasteiger partial charge in [0, 0.05) is 38.9 Å². The lowest BCUT2D eigenvalue weighted by molar-refractivity contribution is -0.130. The second-order valence-corrected chi connectivity index (χ2v) is 9.96. The van der Waals surface area contributed by atoms with Gasteiger partial charge in [-0.1, -0.05) is 62.2 Å². The van der Waals surface area contributed by atoms with Gasteiger partial charge in [0.15, 0.2) is 0 Å². The fourth-order valence-corrected chi connectivity index (χ4v) is 4.67. The Labute approximate surface area is 206 Å². The molecule has 12 heteroatoms. The lowest BCUT2D eigenvalue weighted by atomic mass is 10.1. The van der Waals surface area contributed by atoms with Crippen LogP contribution in [0.4, 0.5) is 0 Å². The molecule has 0 saturated carbocycles. The van der Waals surface area contributed by atoms with E-state index in [9.17, 15) is 19.2 Å². The topological polar surface area (TPSA) is 84.6 Å². The Morgan fingerprint density at radius 3 is 2.12 bits per heavy atom. The molecule has 0 aliphatic rings. The Kier molecular flexibility index (Phi) is 12.9. The molecule has 2 rings (SSSR count). The number of unbranched alkanes of at least 4 members (excludes halogenated alkanes) is 5. The van der Waals surface area contributed by atoms with E-state index in [0.717, 1.165) is 24.4 Å². The number of carbonyl (C=O) groups excluding carboxylic acids is 2. The molecular weight excluding hydrogens is 495 g/mol. The first-order chi connectivity index (χ1) is 15.1. The van der Waals surface area contributed by atoms with Gasteiger partial charge in [-0.15, -0.1) is 0 Å². The van der Waals surface area contributed by atoms with Crippen LogP contribution in [0.3, 0.4) is 0 Å². The first-order valence-corrected chi connectivity index (χ1v) is 12.7. The number of amides is 2. The highest BCUT2D eigenvalue weighted by Crippen LogP contribution is 2.23. The zero-order chi connectivity index (χ0) is 24.3. The van der Waals surface area contributed by atoms with Gasteiger partial charge in [-0.2, -0.15) is 4.07 Å². The Morgan fingerprint density at radius 1 is 1.03 bits per heavy atom. The van der Waals surface area contributed by atoms with Gasteiger partial charge in [-0.3, -0.25) is 19.2 Å². The van der Waals surface area contributed by atoms with E-state index in [0.29, 0.717) is 6.54 Å². The molecule has 0 N–H and O–H groups in total. The van der Waals surface area contributed by atoms with Crippen molar-refractivity contribution in [3.05, 3.63) is 41.5 Å². The number of aromatic nitrogens is 2. The fourth-order valence-electron chi connectivity index (χ4n) is 2.64. The summed E-state index contributed by atoms with van der Waals surface area (Å²) >= 11 is 13.9. The number of hydrogen-bond donors (Lipinski definition) is 0. The van der Waals surface area contributed by atoms with Crippen LogP contribution in [-0.2, 0) is 16.3 Å². The maximum absolute atomic E-state index is 11.8. The summed E-state index contributed by atoms with van der Waals surface area (Å²) in [6, 6.07) is 1.42. The van der Waals surface area contributed by atoms with E-state index < -0.39 is 0 Å². The number of hydrogen-bond acceptors (Lipinski definition) is 6. The van der Waals surface area contributed by atoms with Crippen molar-refractivity contribution in [1.82, 2.24) is 12.9 Å². The SMILES string of the molecule is CC(=O)N(C)n1sccc1=O.CCCCCCCCN(Cn1sc(Cl)c(Cl)c1=O)C(C)=O. The summed E-state index contributed by atoms with van der Waals surface area (Å²) in [5.41, 5.74) is -0.506. The molecule has 0 aliphatic heterocycles. The maximum Gasteiger partial charge on any atom is 0.282 e. The minimum Gasteiger partial charge on any atom is -0.324 e. The largest absolute Gasteiger partial charge is 0.324 e. The zero-order valence-corrected chi connectivity index (χ0v) is 22.0. The number of nitrogens with zero attached hydrogens (tertiary/aromatic N) is 4. The molecule has 0 fully saturated rings. The minimum atomic E-state index is -0.333. The summed E-state index contributed by atoms with van der Waals surface area (Å²) in [7, 11) is 1.56. The summed E-state index contributed by atoms with van der Waals surface area (Å²) < 4.78 is 2.98. The van der Waals surface area contributed by atoms with E-state index in [1.165, 1.54) is 70.2 Å². The highest BCUT2D eigenvalue weighted by atomic mass is 35.5. The van der Waals surface area contributed by atoms with Crippen LogP contribution in [0, 0.1) is 0 Å². The fraction of sp³-hybridized carbons (Fsp3) is 0.600.